The third kappa shape index (κ3) is 3.97. The molecular weight excluding hydrogens is 264 g/mol. The lowest BCUT2D eigenvalue weighted by atomic mass is 9.76. The molecule has 0 spiro atoms. The number of amides is 1. The highest BCUT2D eigenvalue weighted by Crippen LogP contribution is 2.36. The number of rotatable bonds is 4. The standard InChI is InChI=1S/C17H26N2O2/c1-13-7-5-6-8-14(13)17(10-12-19-17)9-11-18-15(20)21-16(2,3)4/h5-8,19H,9-12H2,1-4H3,(H,18,20). The molecule has 1 heterocycles. The lowest BCUT2D eigenvalue weighted by Crippen LogP contribution is -2.55. The first kappa shape index (κ1) is 15.8. The van der Waals surface area contributed by atoms with E-state index in [-0.39, 0.29) is 11.6 Å². The van der Waals surface area contributed by atoms with E-state index in [1.807, 2.05) is 20.8 Å². The summed E-state index contributed by atoms with van der Waals surface area (Å²) in [6.07, 6.45) is 1.63. The summed E-state index contributed by atoms with van der Waals surface area (Å²) in [6, 6.07) is 8.45. The van der Waals surface area contributed by atoms with Crippen molar-refractivity contribution in [2.24, 2.45) is 0 Å². The fraction of sp³-hybridized carbons (Fsp3) is 0.588. The number of nitrogens with one attached hydrogen (secondary N) is 2. The van der Waals surface area contributed by atoms with Crippen molar-refractivity contribution >= 4 is 6.09 Å². The van der Waals surface area contributed by atoms with E-state index in [0.29, 0.717) is 6.54 Å². The maximum Gasteiger partial charge on any atom is 0.407 e. The van der Waals surface area contributed by atoms with Crippen LogP contribution in [0.1, 0.15) is 44.7 Å². The van der Waals surface area contributed by atoms with Crippen LogP contribution in [0.15, 0.2) is 24.3 Å². The molecule has 1 aliphatic heterocycles. The number of alkyl carbamates (subject to hydrolysis) is 1. The van der Waals surface area contributed by atoms with E-state index in [9.17, 15) is 4.79 Å². The number of ether oxygens (including phenoxy) is 1. The summed E-state index contributed by atoms with van der Waals surface area (Å²) in [7, 11) is 0. The van der Waals surface area contributed by atoms with Gasteiger partial charge in [-0.25, -0.2) is 4.79 Å². The summed E-state index contributed by atoms with van der Waals surface area (Å²) in [5, 5.41) is 6.40. The fourth-order valence-corrected chi connectivity index (χ4v) is 2.81. The van der Waals surface area contributed by atoms with Gasteiger partial charge in [-0.05, 0) is 58.2 Å². The normalized spacial score (nSPS) is 21.5. The maximum atomic E-state index is 11.7. The first-order valence-corrected chi connectivity index (χ1v) is 7.60. The van der Waals surface area contributed by atoms with Crippen LogP contribution in [0.4, 0.5) is 4.79 Å². The summed E-state index contributed by atoms with van der Waals surface area (Å²) in [4.78, 5) is 11.7. The molecule has 0 aromatic heterocycles. The molecule has 1 aromatic rings. The number of benzene rings is 1. The smallest absolute Gasteiger partial charge is 0.407 e. The van der Waals surface area contributed by atoms with Crippen molar-refractivity contribution in [3.8, 4) is 0 Å². The molecule has 21 heavy (non-hydrogen) atoms. The zero-order valence-electron chi connectivity index (χ0n) is 13.5. The van der Waals surface area contributed by atoms with Crippen LogP contribution in [0, 0.1) is 6.92 Å². The monoisotopic (exact) mass is 290 g/mol. The van der Waals surface area contributed by atoms with Crippen molar-refractivity contribution in [1.29, 1.82) is 0 Å². The van der Waals surface area contributed by atoms with Crippen molar-refractivity contribution in [1.82, 2.24) is 10.6 Å². The molecule has 1 atom stereocenters. The average molecular weight is 290 g/mol. The Balaban J connectivity index is 1.92. The molecule has 1 saturated heterocycles. The minimum absolute atomic E-state index is 0.000353. The minimum Gasteiger partial charge on any atom is -0.444 e. The molecule has 0 saturated carbocycles. The molecule has 1 aliphatic rings. The SMILES string of the molecule is Cc1ccccc1C1(CCNC(=O)OC(C)(C)C)CCN1. The van der Waals surface area contributed by atoms with Crippen LogP contribution >= 0.6 is 0 Å². The Morgan fingerprint density at radius 1 is 1.38 bits per heavy atom. The average Bonchev–Trinajstić information content (AvgIpc) is 2.31. The summed E-state index contributed by atoms with van der Waals surface area (Å²) in [6.45, 7) is 9.38. The third-order valence-electron chi connectivity index (χ3n) is 3.90. The molecule has 2 rings (SSSR count). The topological polar surface area (TPSA) is 50.4 Å². The Kier molecular flexibility index (Phi) is 4.57. The van der Waals surface area contributed by atoms with E-state index in [2.05, 4.69) is 41.8 Å². The van der Waals surface area contributed by atoms with Gasteiger partial charge >= 0.3 is 6.09 Å². The first-order valence-electron chi connectivity index (χ1n) is 7.60. The van der Waals surface area contributed by atoms with Crippen molar-refractivity contribution < 1.29 is 9.53 Å². The van der Waals surface area contributed by atoms with E-state index in [1.165, 1.54) is 11.1 Å². The second-order valence-corrected chi connectivity index (χ2v) is 6.75. The van der Waals surface area contributed by atoms with Crippen molar-refractivity contribution in [2.45, 2.75) is 51.7 Å². The largest absolute Gasteiger partial charge is 0.444 e. The Hall–Kier alpha value is -1.55. The van der Waals surface area contributed by atoms with Gasteiger partial charge < -0.3 is 15.4 Å². The van der Waals surface area contributed by atoms with Crippen LogP contribution < -0.4 is 10.6 Å². The van der Waals surface area contributed by atoms with Crippen LogP contribution in [-0.4, -0.2) is 24.8 Å². The van der Waals surface area contributed by atoms with Gasteiger partial charge in [0.15, 0.2) is 0 Å². The molecule has 1 aromatic carbocycles. The summed E-state index contributed by atoms with van der Waals surface area (Å²) in [5.41, 5.74) is 2.18. The van der Waals surface area contributed by atoms with Crippen molar-refractivity contribution in [3.63, 3.8) is 0 Å². The predicted octanol–water partition coefficient (Wildman–Crippen LogP) is 3.10. The molecule has 0 aliphatic carbocycles. The van der Waals surface area contributed by atoms with Crippen LogP contribution in [-0.2, 0) is 10.3 Å². The lowest BCUT2D eigenvalue weighted by Gasteiger charge is -2.45. The molecule has 1 fully saturated rings. The highest BCUT2D eigenvalue weighted by atomic mass is 16.6. The number of carbonyl (C=O) groups excluding carboxylic acids is 1. The molecule has 0 bridgehead atoms. The molecule has 1 amide bonds. The third-order valence-corrected chi connectivity index (χ3v) is 3.90. The molecule has 4 nitrogen and oxygen atoms in total. The number of carbonyl (C=O) groups is 1. The molecule has 2 N–H and O–H groups in total. The van der Waals surface area contributed by atoms with Gasteiger partial charge in [-0.2, -0.15) is 0 Å². The Bertz CT molecular complexity index is 502. The van der Waals surface area contributed by atoms with Crippen LogP contribution in [0.2, 0.25) is 0 Å². The minimum atomic E-state index is -0.452. The van der Waals surface area contributed by atoms with Crippen molar-refractivity contribution in [2.75, 3.05) is 13.1 Å². The highest BCUT2D eigenvalue weighted by Gasteiger charge is 2.38. The van der Waals surface area contributed by atoms with E-state index >= 15 is 0 Å². The summed E-state index contributed by atoms with van der Waals surface area (Å²) < 4.78 is 5.26. The van der Waals surface area contributed by atoms with Gasteiger partial charge in [0.2, 0.25) is 0 Å². The Labute approximate surface area is 127 Å². The Morgan fingerprint density at radius 3 is 2.57 bits per heavy atom. The van der Waals surface area contributed by atoms with Gasteiger partial charge in [0, 0.05) is 12.1 Å². The van der Waals surface area contributed by atoms with Gasteiger partial charge in [-0.1, -0.05) is 24.3 Å². The van der Waals surface area contributed by atoms with Gasteiger partial charge in [0.1, 0.15) is 5.60 Å². The molecular formula is C17H26N2O2. The second kappa shape index (κ2) is 6.06. The van der Waals surface area contributed by atoms with Gasteiger partial charge in [-0.15, -0.1) is 0 Å². The van der Waals surface area contributed by atoms with E-state index in [0.717, 1.165) is 19.4 Å². The molecule has 4 heteroatoms. The zero-order valence-corrected chi connectivity index (χ0v) is 13.5. The maximum absolute atomic E-state index is 11.7. The van der Waals surface area contributed by atoms with Crippen LogP contribution in [0.3, 0.4) is 0 Å². The first-order chi connectivity index (χ1) is 9.82. The fourth-order valence-electron chi connectivity index (χ4n) is 2.81. The highest BCUT2D eigenvalue weighted by molar-refractivity contribution is 5.67. The number of hydrogen-bond acceptors (Lipinski definition) is 3. The number of hydrogen-bond donors (Lipinski definition) is 2. The van der Waals surface area contributed by atoms with E-state index in [1.54, 1.807) is 0 Å². The van der Waals surface area contributed by atoms with Crippen LogP contribution in [0.5, 0.6) is 0 Å². The van der Waals surface area contributed by atoms with Gasteiger partial charge in [-0.3, -0.25) is 0 Å². The van der Waals surface area contributed by atoms with E-state index in [4.69, 9.17) is 4.74 Å². The molecule has 1 unspecified atom stereocenters. The quantitative estimate of drug-likeness (QED) is 0.896. The molecule has 0 radical (unpaired) electrons. The predicted molar refractivity (Wildman–Crippen MR) is 84.3 cm³/mol. The lowest BCUT2D eigenvalue weighted by molar-refractivity contribution is 0.0517. The Morgan fingerprint density at radius 2 is 2.05 bits per heavy atom. The van der Waals surface area contributed by atoms with Crippen LogP contribution in [0.25, 0.3) is 0 Å². The van der Waals surface area contributed by atoms with E-state index < -0.39 is 5.60 Å². The van der Waals surface area contributed by atoms with Gasteiger partial charge in [0.05, 0.1) is 0 Å². The second-order valence-electron chi connectivity index (χ2n) is 6.75. The summed E-state index contributed by atoms with van der Waals surface area (Å²) in [5.74, 6) is 0. The van der Waals surface area contributed by atoms with Crippen molar-refractivity contribution in [3.05, 3.63) is 35.4 Å². The zero-order chi connectivity index (χ0) is 15.5. The van der Waals surface area contributed by atoms with Gasteiger partial charge in [0.25, 0.3) is 0 Å². The molecule has 116 valence electrons. The summed E-state index contributed by atoms with van der Waals surface area (Å²) >= 11 is 0. The number of aryl methyl sites for hydroxylation is 1.